The molecule has 1 N–H and O–H groups in total. The SMILES string of the molecule is CC.CC1CCC(Nc2nc(N(C)C)c3ccccc3n2)CC1. The monoisotopic (exact) mass is 314 g/mol. The number of anilines is 2. The summed E-state index contributed by atoms with van der Waals surface area (Å²) in [6.07, 6.45) is 5.03. The highest BCUT2D eigenvalue weighted by Gasteiger charge is 2.19. The van der Waals surface area contributed by atoms with Crippen LogP contribution in [0, 0.1) is 5.92 Å². The van der Waals surface area contributed by atoms with E-state index in [1.807, 2.05) is 40.1 Å². The van der Waals surface area contributed by atoms with Crippen LogP contribution in [0.4, 0.5) is 11.8 Å². The first kappa shape index (κ1) is 17.5. The van der Waals surface area contributed by atoms with Gasteiger partial charge in [-0.3, -0.25) is 0 Å². The Morgan fingerprint density at radius 2 is 1.65 bits per heavy atom. The van der Waals surface area contributed by atoms with Gasteiger partial charge in [0.2, 0.25) is 5.95 Å². The van der Waals surface area contributed by atoms with Crippen LogP contribution in [0.5, 0.6) is 0 Å². The third kappa shape index (κ3) is 4.34. The molecule has 1 aliphatic rings. The van der Waals surface area contributed by atoms with Crippen molar-refractivity contribution in [2.45, 2.75) is 52.5 Å². The molecular formula is C19H30N4. The minimum atomic E-state index is 0.511. The van der Waals surface area contributed by atoms with E-state index in [1.165, 1.54) is 25.7 Å². The highest BCUT2D eigenvalue weighted by Crippen LogP contribution is 2.27. The Hall–Kier alpha value is -1.84. The number of benzene rings is 1. The molecule has 4 nitrogen and oxygen atoms in total. The Morgan fingerprint density at radius 1 is 1.00 bits per heavy atom. The van der Waals surface area contributed by atoms with Crippen molar-refractivity contribution in [1.29, 1.82) is 0 Å². The first-order chi connectivity index (χ1) is 11.1. The molecule has 3 rings (SSSR count). The van der Waals surface area contributed by atoms with E-state index in [0.717, 1.165) is 28.6 Å². The van der Waals surface area contributed by atoms with E-state index in [2.05, 4.69) is 34.3 Å². The summed E-state index contributed by atoms with van der Waals surface area (Å²) in [6, 6.07) is 8.71. The number of fused-ring (bicyclic) bond motifs is 1. The van der Waals surface area contributed by atoms with Crippen LogP contribution in [-0.2, 0) is 0 Å². The molecule has 23 heavy (non-hydrogen) atoms. The molecule has 0 saturated heterocycles. The molecule has 0 atom stereocenters. The van der Waals surface area contributed by atoms with Gasteiger partial charge < -0.3 is 10.2 Å². The van der Waals surface area contributed by atoms with Gasteiger partial charge in [0.1, 0.15) is 5.82 Å². The lowest BCUT2D eigenvalue weighted by atomic mass is 9.87. The van der Waals surface area contributed by atoms with E-state index in [4.69, 9.17) is 4.98 Å². The van der Waals surface area contributed by atoms with Crippen LogP contribution < -0.4 is 10.2 Å². The number of nitrogens with zero attached hydrogens (tertiary/aromatic N) is 3. The maximum atomic E-state index is 4.72. The quantitative estimate of drug-likeness (QED) is 0.890. The van der Waals surface area contributed by atoms with Crippen molar-refractivity contribution in [3.05, 3.63) is 24.3 Å². The van der Waals surface area contributed by atoms with Gasteiger partial charge in [-0.2, -0.15) is 4.98 Å². The summed E-state index contributed by atoms with van der Waals surface area (Å²) in [5, 5.41) is 4.64. The highest BCUT2D eigenvalue weighted by molar-refractivity contribution is 5.90. The van der Waals surface area contributed by atoms with Gasteiger partial charge in [0, 0.05) is 25.5 Å². The van der Waals surface area contributed by atoms with E-state index in [1.54, 1.807) is 0 Å². The fourth-order valence-electron chi connectivity index (χ4n) is 3.05. The number of hydrogen-bond donors (Lipinski definition) is 1. The average Bonchev–Trinajstić information content (AvgIpc) is 2.58. The number of para-hydroxylation sites is 1. The van der Waals surface area contributed by atoms with Crippen LogP contribution in [0.3, 0.4) is 0 Å². The van der Waals surface area contributed by atoms with Crippen LogP contribution in [0.15, 0.2) is 24.3 Å². The Kier molecular flexibility index (Phi) is 6.20. The van der Waals surface area contributed by atoms with Crippen molar-refractivity contribution in [2.24, 2.45) is 5.92 Å². The van der Waals surface area contributed by atoms with Gasteiger partial charge in [0.05, 0.1) is 5.52 Å². The second-order valence-electron chi connectivity index (χ2n) is 6.38. The summed E-state index contributed by atoms with van der Waals surface area (Å²) in [6.45, 7) is 6.34. The molecule has 126 valence electrons. The molecule has 0 bridgehead atoms. The Labute approximate surface area is 140 Å². The third-order valence-electron chi connectivity index (χ3n) is 4.36. The number of nitrogens with one attached hydrogen (secondary N) is 1. The van der Waals surface area contributed by atoms with Crippen molar-refractivity contribution in [2.75, 3.05) is 24.3 Å². The summed E-state index contributed by atoms with van der Waals surface area (Å²) in [7, 11) is 4.06. The molecule has 1 saturated carbocycles. The molecule has 4 heteroatoms. The smallest absolute Gasteiger partial charge is 0.225 e. The molecule has 0 aliphatic heterocycles. The predicted octanol–water partition coefficient (Wildman–Crippen LogP) is 4.71. The lowest BCUT2D eigenvalue weighted by Gasteiger charge is -2.27. The number of rotatable bonds is 3. The first-order valence-corrected chi connectivity index (χ1v) is 8.84. The molecular weight excluding hydrogens is 284 g/mol. The normalized spacial score (nSPS) is 20.6. The average molecular weight is 314 g/mol. The van der Waals surface area contributed by atoms with Crippen molar-refractivity contribution in [3.63, 3.8) is 0 Å². The largest absolute Gasteiger partial charge is 0.362 e. The van der Waals surface area contributed by atoms with E-state index in [-0.39, 0.29) is 0 Å². The lowest BCUT2D eigenvalue weighted by molar-refractivity contribution is 0.360. The topological polar surface area (TPSA) is 41.1 Å². The van der Waals surface area contributed by atoms with Crippen molar-refractivity contribution in [3.8, 4) is 0 Å². The summed E-state index contributed by atoms with van der Waals surface area (Å²) in [4.78, 5) is 11.5. The Balaban J connectivity index is 0.000000924. The molecule has 0 amide bonds. The van der Waals surface area contributed by atoms with Gasteiger partial charge >= 0.3 is 0 Å². The molecule has 1 aromatic carbocycles. The molecule has 0 radical (unpaired) electrons. The second kappa shape index (κ2) is 8.14. The second-order valence-corrected chi connectivity index (χ2v) is 6.38. The summed E-state index contributed by atoms with van der Waals surface area (Å²) < 4.78 is 0. The van der Waals surface area contributed by atoms with Gasteiger partial charge in [0.15, 0.2) is 0 Å². The van der Waals surface area contributed by atoms with E-state index >= 15 is 0 Å². The van der Waals surface area contributed by atoms with Gasteiger partial charge in [-0.1, -0.05) is 32.9 Å². The Bertz CT molecular complexity index is 616. The van der Waals surface area contributed by atoms with Gasteiger partial charge in [-0.15, -0.1) is 0 Å². The van der Waals surface area contributed by atoms with Crippen molar-refractivity contribution in [1.82, 2.24) is 9.97 Å². The molecule has 1 aromatic heterocycles. The fraction of sp³-hybridized carbons (Fsp3) is 0.579. The van der Waals surface area contributed by atoms with E-state index in [0.29, 0.717) is 6.04 Å². The minimum absolute atomic E-state index is 0.511. The number of aromatic nitrogens is 2. The van der Waals surface area contributed by atoms with Crippen molar-refractivity contribution < 1.29 is 0 Å². The predicted molar refractivity (Wildman–Crippen MR) is 100 cm³/mol. The standard InChI is InChI=1S/C17H24N4.C2H6/c1-12-8-10-13(11-9-12)18-17-19-15-7-5-4-6-14(15)16(20-17)21(2)3;1-2/h4-7,12-13H,8-11H2,1-3H3,(H,18,19,20);1-2H3. The zero-order valence-electron chi connectivity index (χ0n) is 15.1. The van der Waals surface area contributed by atoms with Gasteiger partial charge in [-0.25, -0.2) is 4.98 Å². The number of hydrogen-bond acceptors (Lipinski definition) is 4. The lowest BCUT2D eigenvalue weighted by Crippen LogP contribution is -2.26. The summed E-state index contributed by atoms with van der Waals surface area (Å²) in [5.74, 6) is 2.60. The van der Waals surface area contributed by atoms with Crippen LogP contribution in [0.2, 0.25) is 0 Å². The molecule has 1 fully saturated rings. The molecule has 2 aromatic rings. The highest BCUT2D eigenvalue weighted by atomic mass is 15.2. The van der Waals surface area contributed by atoms with Crippen LogP contribution in [-0.4, -0.2) is 30.1 Å². The zero-order chi connectivity index (χ0) is 16.8. The maximum absolute atomic E-state index is 4.72. The summed E-state index contributed by atoms with van der Waals surface area (Å²) in [5.41, 5.74) is 1.00. The fourth-order valence-corrected chi connectivity index (χ4v) is 3.05. The van der Waals surface area contributed by atoms with E-state index < -0.39 is 0 Å². The first-order valence-electron chi connectivity index (χ1n) is 8.84. The minimum Gasteiger partial charge on any atom is -0.362 e. The molecule has 1 heterocycles. The molecule has 0 spiro atoms. The summed E-state index contributed by atoms with van der Waals surface area (Å²) >= 11 is 0. The third-order valence-corrected chi connectivity index (χ3v) is 4.36. The maximum Gasteiger partial charge on any atom is 0.225 e. The molecule has 0 unspecified atom stereocenters. The van der Waals surface area contributed by atoms with Crippen LogP contribution >= 0.6 is 0 Å². The van der Waals surface area contributed by atoms with Crippen molar-refractivity contribution >= 4 is 22.7 Å². The van der Waals surface area contributed by atoms with Crippen LogP contribution in [0.1, 0.15) is 46.5 Å². The van der Waals surface area contributed by atoms with Crippen LogP contribution in [0.25, 0.3) is 10.9 Å². The van der Waals surface area contributed by atoms with Gasteiger partial charge in [0.25, 0.3) is 0 Å². The van der Waals surface area contributed by atoms with Gasteiger partial charge in [-0.05, 0) is 43.7 Å². The van der Waals surface area contributed by atoms with E-state index in [9.17, 15) is 0 Å². The Morgan fingerprint density at radius 3 is 2.30 bits per heavy atom. The molecule has 1 aliphatic carbocycles. The zero-order valence-corrected chi connectivity index (χ0v) is 15.1.